The van der Waals surface area contributed by atoms with Crippen LogP contribution in [0.3, 0.4) is 0 Å². The summed E-state index contributed by atoms with van der Waals surface area (Å²) in [4.78, 5) is 35.1. The Morgan fingerprint density at radius 3 is 2.33 bits per heavy atom. The van der Waals surface area contributed by atoms with Crippen molar-refractivity contribution in [3.8, 4) is 23.4 Å². The maximum absolute atomic E-state index is 13.2. The normalized spacial score (nSPS) is 14.8. The first-order valence-electron chi connectivity index (χ1n) is 9.69. The van der Waals surface area contributed by atoms with Crippen molar-refractivity contribution in [3.63, 3.8) is 0 Å². The summed E-state index contributed by atoms with van der Waals surface area (Å²) in [5.41, 5.74) is 0.644. The minimum absolute atomic E-state index is 0.0307. The minimum Gasteiger partial charge on any atom is -0.480 e. The smallest absolute Gasteiger partial charge is 0.319 e. The monoisotopic (exact) mass is 462 g/mol. The first-order valence-corrected chi connectivity index (χ1v) is 10.1. The van der Waals surface area contributed by atoms with Gasteiger partial charge in [-0.25, -0.2) is 4.98 Å². The lowest BCUT2D eigenvalue weighted by Gasteiger charge is -2.29. The lowest BCUT2D eigenvalue weighted by Crippen LogP contribution is -2.54. The van der Waals surface area contributed by atoms with Crippen molar-refractivity contribution < 1.29 is 23.8 Å². The molecule has 4 rings (SSSR count). The third-order valence-electron chi connectivity index (χ3n) is 4.61. The average molecular weight is 462 g/mol. The van der Waals surface area contributed by atoms with Crippen LogP contribution in [0.25, 0.3) is 6.08 Å². The van der Waals surface area contributed by atoms with Gasteiger partial charge >= 0.3 is 6.01 Å². The molecule has 2 heterocycles. The van der Waals surface area contributed by atoms with Crippen LogP contribution in [0.5, 0.6) is 23.4 Å². The lowest BCUT2D eigenvalue weighted by atomic mass is 10.1. The van der Waals surface area contributed by atoms with Crippen LogP contribution < -0.4 is 24.4 Å². The van der Waals surface area contributed by atoms with Gasteiger partial charge in [0.15, 0.2) is 5.11 Å². The van der Waals surface area contributed by atoms with E-state index in [-0.39, 0.29) is 22.6 Å². The fourth-order valence-electron chi connectivity index (χ4n) is 3.06. The summed E-state index contributed by atoms with van der Waals surface area (Å²) < 4.78 is 16.0. The Kier molecular flexibility index (Phi) is 6.27. The summed E-state index contributed by atoms with van der Waals surface area (Å²) in [6.07, 6.45) is 2.74. The largest absolute Gasteiger partial charge is 0.480 e. The number of thiocarbonyl (C=S) groups is 1. The van der Waals surface area contributed by atoms with Crippen molar-refractivity contribution in [1.82, 2.24) is 15.3 Å². The number of benzene rings is 2. The minimum atomic E-state index is -0.636. The van der Waals surface area contributed by atoms with Crippen molar-refractivity contribution in [2.75, 3.05) is 19.1 Å². The molecule has 2 amide bonds. The van der Waals surface area contributed by atoms with Crippen molar-refractivity contribution in [2.24, 2.45) is 0 Å². The topological polar surface area (TPSA) is 103 Å². The van der Waals surface area contributed by atoms with Gasteiger partial charge in [-0.2, -0.15) is 4.98 Å². The lowest BCUT2D eigenvalue weighted by molar-refractivity contribution is -0.122. The van der Waals surface area contributed by atoms with Crippen LogP contribution in [0.15, 0.2) is 66.4 Å². The zero-order valence-corrected chi connectivity index (χ0v) is 18.5. The summed E-state index contributed by atoms with van der Waals surface area (Å²) in [5.74, 6) is 0.182. The van der Waals surface area contributed by atoms with Gasteiger partial charge in [0, 0.05) is 6.20 Å². The number of rotatable bonds is 6. The average Bonchev–Trinajstić information content (AvgIpc) is 2.83. The SMILES string of the molecule is COc1ncc(C=C2C(=O)NC(=S)N(c3ccc(Oc4ccccc4)cc3)C2=O)c(OC)n1. The van der Waals surface area contributed by atoms with Gasteiger partial charge in [-0.1, -0.05) is 18.2 Å². The van der Waals surface area contributed by atoms with Crippen LogP contribution in [0.2, 0.25) is 0 Å². The predicted octanol–water partition coefficient (Wildman–Crippen LogP) is 3.12. The van der Waals surface area contributed by atoms with E-state index in [0.29, 0.717) is 22.7 Å². The quantitative estimate of drug-likeness (QED) is 0.339. The zero-order chi connectivity index (χ0) is 23.4. The molecule has 0 radical (unpaired) electrons. The van der Waals surface area contributed by atoms with E-state index in [2.05, 4.69) is 15.3 Å². The Morgan fingerprint density at radius 2 is 1.67 bits per heavy atom. The Labute approximate surface area is 194 Å². The van der Waals surface area contributed by atoms with Crippen LogP contribution in [-0.2, 0) is 9.59 Å². The Bertz CT molecular complexity index is 1250. The van der Waals surface area contributed by atoms with Crippen molar-refractivity contribution in [3.05, 3.63) is 71.9 Å². The standard InChI is InChI=1S/C23H18N4O5S/c1-30-20-14(13-24-22(26-20)31-2)12-18-19(28)25-23(33)27(21(18)29)15-8-10-17(11-9-15)32-16-6-4-3-5-7-16/h3-13H,1-2H3,(H,25,28,33). The number of hydrogen-bond acceptors (Lipinski definition) is 8. The first kappa shape index (κ1) is 21.9. The van der Waals surface area contributed by atoms with E-state index in [1.54, 1.807) is 24.3 Å². The van der Waals surface area contributed by atoms with Gasteiger partial charge in [-0.05, 0) is 54.7 Å². The highest BCUT2D eigenvalue weighted by molar-refractivity contribution is 7.80. The van der Waals surface area contributed by atoms with Gasteiger partial charge in [0.05, 0.1) is 25.5 Å². The molecule has 0 spiro atoms. The second-order valence-corrected chi connectivity index (χ2v) is 7.07. The van der Waals surface area contributed by atoms with Crippen molar-refractivity contribution >= 4 is 40.9 Å². The van der Waals surface area contributed by atoms with E-state index in [4.69, 9.17) is 26.4 Å². The summed E-state index contributed by atoms with van der Waals surface area (Å²) in [5, 5.41) is 2.50. The van der Waals surface area contributed by atoms with E-state index in [1.165, 1.54) is 31.4 Å². The second-order valence-electron chi connectivity index (χ2n) is 6.69. The number of hydrogen-bond donors (Lipinski definition) is 1. The van der Waals surface area contributed by atoms with Gasteiger partial charge in [0.1, 0.15) is 17.1 Å². The third kappa shape index (κ3) is 4.65. The molecule has 1 aliphatic heterocycles. The maximum atomic E-state index is 13.2. The molecular formula is C23H18N4O5S. The number of amides is 2. The van der Waals surface area contributed by atoms with Crippen LogP contribution in [0.4, 0.5) is 5.69 Å². The highest BCUT2D eigenvalue weighted by atomic mass is 32.1. The summed E-state index contributed by atoms with van der Waals surface area (Å²) in [7, 11) is 2.83. The molecule has 0 bridgehead atoms. The van der Waals surface area contributed by atoms with E-state index in [1.807, 2.05) is 30.3 Å². The Morgan fingerprint density at radius 1 is 0.970 bits per heavy atom. The van der Waals surface area contributed by atoms with Gasteiger partial charge in [-0.3, -0.25) is 19.8 Å². The van der Waals surface area contributed by atoms with E-state index < -0.39 is 11.8 Å². The number of aromatic nitrogens is 2. The number of carbonyl (C=O) groups is 2. The molecular weight excluding hydrogens is 444 g/mol. The number of ether oxygens (including phenoxy) is 3. The number of methoxy groups -OCH3 is 2. The molecule has 0 aliphatic carbocycles. The molecule has 1 aliphatic rings. The molecule has 0 atom stereocenters. The maximum Gasteiger partial charge on any atom is 0.319 e. The van der Waals surface area contributed by atoms with Gasteiger partial charge in [0.2, 0.25) is 5.88 Å². The molecule has 10 heteroatoms. The Balaban J connectivity index is 1.62. The third-order valence-corrected chi connectivity index (χ3v) is 4.89. The fraction of sp³-hybridized carbons (Fsp3) is 0.0870. The number of nitrogens with one attached hydrogen (secondary N) is 1. The molecule has 1 saturated heterocycles. The summed E-state index contributed by atoms with van der Waals surface area (Å²) >= 11 is 5.25. The number of nitrogens with zero attached hydrogens (tertiary/aromatic N) is 3. The molecule has 0 unspecified atom stereocenters. The summed E-state index contributed by atoms with van der Waals surface area (Å²) in [6, 6.07) is 16.2. The molecule has 1 N–H and O–H groups in total. The molecule has 1 fully saturated rings. The highest BCUT2D eigenvalue weighted by Crippen LogP contribution is 2.28. The highest BCUT2D eigenvalue weighted by Gasteiger charge is 2.34. The molecule has 2 aromatic carbocycles. The summed E-state index contributed by atoms with van der Waals surface area (Å²) in [6.45, 7) is 0. The fourth-order valence-corrected chi connectivity index (χ4v) is 3.34. The van der Waals surface area contributed by atoms with Crippen LogP contribution in [0, 0.1) is 0 Å². The molecule has 33 heavy (non-hydrogen) atoms. The van der Waals surface area contributed by atoms with E-state index in [0.717, 1.165) is 0 Å². The first-order chi connectivity index (χ1) is 16.0. The molecule has 0 saturated carbocycles. The molecule has 3 aromatic rings. The van der Waals surface area contributed by atoms with Crippen LogP contribution in [0.1, 0.15) is 5.56 Å². The zero-order valence-electron chi connectivity index (χ0n) is 17.6. The Hall–Kier alpha value is -4.31. The van der Waals surface area contributed by atoms with Gasteiger partial charge in [-0.15, -0.1) is 0 Å². The molecule has 166 valence electrons. The van der Waals surface area contributed by atoms with Crippen LogP contribution >= 0.6 is 12.2 Å². The van der Waals surface area contributed by atoms with Gasteiger partial charge < -0.3 is 14.2 Å². The number of carbonyl (C=O) groups excluding carboxylic acids is 2. The number of anilines is 1. The van der Waals surface area contributed by atoms with Crippen molar-refractivity contribution in [1.29, 1.82) is 0 Å². The van der Waals surface area contributed by atoms with Gasteiger partial charge in [0.25, 0.3) is 11.8 Å². The van der Waals surface area contributed by atoms with Crippen LogP contribution in [-0.4, -0.2) is 41.1 Å². The van der Waals surface area contributed by atoms with E-state index >= 15 is 0 Å². The molecule has 1 aromatic heterocycles. The van der Waals surface area contributed by atoms with E-state index in [9.17, 15) is 9.59 Å². The molecule has 9 nitrogen and oxygen atoms in total. The second kappa shape index (κ2) is 9.45. The predicted molar refractivity (Wildman–Crippen MR) is 124 cm³/mol. The number of para-hydroxylation sites is 1. The van der Waals surface area contributed by atoms with Crippen molar-refractivity contribution in [2.45, 2.75) is 0 Å².